The first-order valence-electron chi connectivity index (χ1n) is 12.2. The van der Waals surface area contributed by atoms with Crippen LogP contribution >= 0.6 is 11.6 Å². The fourth-order valence-electron chi connectivity index (χ4n) is 3.91. The number of aryl methyl sites for hydroxylation is 1. The normalized spacial score (nSPS) is 11.9. The molecule has 0 unspecified atom stereocenters. The van der Waals surface area contributed by atoms with Gasteiger partial charge in [-0.25, -0.2) is 0 Å². The van der Waals surface area contributed by atoms with Crippen LogP contribution in [0.25, 0.3) is 0 Å². The molecule has 7 heteroatoms. The fourth-order valence-corrected chi connectivity index (χ4v) is 4.03. The third-order valence-corrected chi connectivity index (χ3v) is 6.17. The number of hydrogen-bond donors (Lipinski definition) is 1. The quantitative estimate of drug-likeness (QED) is 0.377. The Balaban J connectivity index is 1.94. The summed E-state index contributed by atoms with van der Waals surface area (Å²) in [7, 11) is 1.60. The number of carbonyl (C=O) groups is 2. The van der Waals surface area contributed by atoms with Gasteiger partial charge in [0, 0.05) is 23.5 Å². The summed E-state index contributed by atoms with van der Waals surface area (Å²) in [6.07, 6.45) is 0.360. The van der Waals surface area contributed by atoms with Crippen LogP contribution in [-0.4, -0.2) is 42.0 Å². The summed E-state index contributed by atoms with van der Waals surface area (Å²) in [5, 5.41) is 3.68. The van der Waals surface area contributed by atoms with Crippen molar-refractivity contribution < 1.29 is 19.1 Å². The average molecular weight is 523 g/mol. The summed E-state index contributed by atoms with van der Waals surface area (Å²) in [4.78, 5) is 28.9. The third-order valence-electron chi connectivity index (χ3n) is 5.75. The van der Waals surface area contributed by atoms with Gasteiger partial charge in [-0.3, -0.25) is 9.59 Å². The summed E-state index contributed by atoms with van der Waals surface area (Å²) < 4.78 is 11.2. The molecule has 0 aliphatic carbocycles. The van der Waals surface area contributed by atoms with Crippen LogP contribution in [-0.2, 0) is 22.6 Å². The van der Waals surface area contributed by atoms with Gasteiger partial charge >= 0.3 is 0 Å². The number of rotatable bonds is 10. The molecule has 37 heavy (non-hydrogen) atoms. The van der Waals surface area contributed by atoms with E-state index in [2.05, 4.69) is 5.32 Å². The van der Waals surface area contributed by atoms with Gasteiger partial charge in [-0.2, -0.15) is 0 Å². The Morgan fingerprint density at radius 2 is 1.65 bits per heavy atom. The molecule has 1 N–H and O–H groups in total. The van der Waals surface area contributed by atoms with E-state index >= 15 is 0 Å². The van der Waals surface area contributed by atoms with Crippen LogP contribution in [0.2, 0.25) is 5.02 Å². The van der Waals surface area contributed by atoms with Crippen molar-refractivity contribution in [3.05, 3.63) is 94.5 Å². The van der Waals surface area contributed by atoms with Gasteiger partial charge in [0.15, 0.2) is 6.61 Å². The standard InChI is InChI=1S/C30H35ClN2O4/c1-21-16-25(14-15-26(21)31)37-20-28(34)33(19-23-12-9-13-24(17-23)36-5)27(29(35)32-30(2,3)4)18-22-10-7-6-8-11-22/h6-17,27H,18-20H2,1-5H3,(H,32,35)/t27-/m1/s1. The summed E-state index contributed by atoms with van der Waals surface area (Å²) in [5.74, 6) is 0.683. The van der Waals surface area contributed by atoms with E-state index in [0.717, 1.165) is 16.7 Å². The topological polar surface area (TPSA) is 67.9 Å². The van der Waals surface area contributed by atoms with Gasteiger partial charge in [0.1, 0.15) is 17.5 Å². The molecule has 3 aromatic rings. The van der Waals surface area contributed by atoms with Gasteiger partial charge in [-0.05, 0) is 74.7 Å². The lowest BCUT2D eigenvalue weighted by Crippen LogP contribution is -2.55. The number of hydrogen-bond acceptors (Lipinski definition) is 4. The van der Waals surface area contributed by atoms with Crippen LogP contribution in [0.3, 0.4) is 0 Å². The highest BCUT2D eigenvalue weighted by atomic mass is 35.5. The largest absolute Gasteiger partial charge is 0.497 e. The second-order valence-electron chi connectivity index (χ2n) is 10.0. The van der Waals surface area contributed by atoms with Gasteiger partial charge in [0.2, 0.25) is 5.91 Å². The predicted molar refractivity (Wildman–Crippen MR) is 147 cm³/mol. The zero-order valence-electron chi connectivity index (χ0n) is 22.1. The molecule has 0 radical (unpaired) electrons. The molecule has 0 aliphatic heterocycles. The molecule has 0 bridgehead atoms. The van der Waals surface area contributed by atoms with Crippen LogP contribution in [0.4, 0.5) is 0 Å². The van der Waals surface area contributed by atoms with E-state index in [1.807, 2.05) is 82.3 Å². The van der Waals surface area contributed by atoms with Crippen molar-refractivity contribution in [3.63, 3.8) is 0 Å². The molecule has 0 fully saturated rings. The maximum Gasteiger partial charge on any atom is 0.261 e. The summed E-state index contributed by atoms with van der Waals surface area (Å²) in [6, 6.07) is 21.7. The SMILES string of the molecule is COc1cccc(CN(C(=O)COc2ccc(Cl)c(C)c2)[C@H](Cc2ccccc2)C(=O)NC(C)(C)C)c1. The van der Waals surface area contributed by atoms with Gasteiger partial charge < -0.3 is 19.7 Å². The highest BCUT2D eigenvalue weighted by molar-refractivity contribution is 6.31. The van der Waals surface area contributed by atoms with Gasteiger partial charge in [-0.15, -0.1) is 0 Å². The zero-order valence-corrected chi connectivity index (χ0v) is 22.8. The zero-order chi connectivity index (χ0) is 27.0. The molecule has 0 spiro atoms. The Labute approximate surface area is 224 Å². The molecule has 0 saturated carbocycles. The van der Waals surface area contributed by atoms with E-state index in [-0.39, 0.29) is 25.0 Å². The monoisotopic (exact) mass is 522 g/mol. The molecular formula is C30H35ClN2O4. The van der Waals surface area contributed by atoms with Crippen molar-refractivity contribution in [2.45, 2.75) is 52.2 Å². The van der Waals surface area contributed by atoms with Crippen LogP contribution < -0.4 is 14.8 Å². The van der Waals surface area contributed by atoms with Gasteiger partial charge in [-0.1, -0.05) is 54.1 Å². The minimum absolute atomic E-state index is 0.216. The Morgan fingerprint density at radius 3 is 2.30 bits per heavy atom. The number of carbonyl (C=O) groups excluding carboxylic acids is 2. The molecule has 0 saturated heterocycles. The Hall–Kier alpha value is -3.51. The Kier molecular flexibility index (Phi) is 9.59. The minimum Gasteiger partial charge on any atom is -0.497 e. The average Bonchev–Trinajstić information content (AvgIpc) is 2.86. The van der Waals surface area contributed by atoms with Crippen molar-refractivity contribution in [2.75, 3.05) is 13.7 Å². The van der Waals surface area contributed by atoms with Crippen LogP contribution in [0.5, 0.6) is 11.5 Å². The summed E-state index contributed by atoms with van der Waals surface area (Å²) in [5.41, 5.74) is 2.19. The second-order valence-corrected chi connectivity index (χ2v) is 10.4. The predicted octanol–water partition coefficient (Wildman–Crippen LogP) is 5.59. The smallest absolute Gasteiger partial charge is 0.261 e. The van der Waals surface area contributed by atoms with Gasteiger partial charge in [0.05, 0.1) is 7.11 Å². The number of nitrogens with one attached hydrogen (secondary N) is 1. The van der Waals surface area contributed by atoms with Crippen LogP contribution in [0.15, 0.2) is 72.8 Å². The maximum absolute atomic E-state index is 13.7. The number of nitrogens with zero attached hydrogens (tertiary/aromatic N) is 1. The van der Waals surface area contributed by atoms with Crippen molar-refractivity contribution >= 4 is 23.4 Å². The molecule has 3 rings (SSSR count). The van der Waals surface area contributed by atoms with Crippen molar-refractivity contribution in [3.8, 4) is 11.5 Å². The minimum atomic E-state index is -0.754. The first-order chi connectivity index (χ1) is 17.6. The summed E-state index contributed by atoms with van der Waals surface area (Å²) in [6.45, 7) is 7.63. The van der Waals surface area contributed by atoms with Gasteiger partial charge in [0.25, 0.3) is 5.91 Å². The van der Waals surface area contributed by atoms with E-state index in [4.69, 9.17) is 21.1 Å². The number of benzene rings is 3. The van der Waals surface area contributed by atoms with E-state index in [1.54, 1.807) is 30.2 Å². The molecule has 196 valence electrons. The second kappa shape index (κ2) is 12.6. The maximum atomic E-state index is 13.7. The first kappa shape index (κ1) is 28.1. The molecule has 1 atom stereocenters. The highest BCUT2D eigenvalue weighted by Gasteiger charge is 2.32. The number of amides is 2. The van der Waals surface area contributed by atoms with Crippen LogP contribution in [0.1, 0.15) is 37.5 Å². The molecular weight excluding hydrogens is 488 g/mol. The van der Waals surface area contributed by atoms with E-state index in [9.17, 15) is 9.59 Å². The highest BCUT2D eigenvalue weighted by Crippen LogP contribution is 2.22. The fraction of sp³-hybridized carbons (Fsp3) is 0.333. The van der Waals surface area contributed by atoms with Crippen molar-refractivity contribution in [2.24, 2.45) is 0 Å². The lowest BCUT2D eigenvalue weighted by atomic mass is 10.0. The molecule has 0 heterocycles. The third kappa shape index (κ3) is 8.53. The van der Waals surface area contributed by atoms with Crippen molar-refractivity contribution in [1.29, 1.82) is 0 Å². The molecule has 0 aliphatic rings. The molecule has 6 nitrogen and oxygen atoms in total. The number of ether oxygens (including phenoxy) is 2. The molecule has 2 amide bonds. The van der Waals surface area contributed by atoms with Crippen LogP contribution in [0, 0.1) is 6.92 Å². The van der Waals surface area contributed by atoms with E-state index in [0.29, 0.717) is 22.9 Å². The Morgan fingerprint density at radius 1 is 0.946 bits per heavy atom. The summed E-state index contributed by atoms with van der Waals surface area (Å²) >= 11 is 6.13. The van der Waals surface area contributed by atoms with E-state index in [1.165, 1.54) is 0 Å². The molecule has 3 aromatic carbocycles. The lowest BCUT2D eigenvalue weighted by Gasteiger charge is -2.33. The van der Waals surface area contributed by atoms with Crippen molar-refractivity contribution in [1.82, 2.24) is 10.2 Å². The lowest BCUT2D eigenvalue weighted by molar-refractivity contribution is -0.143. The first-order valence-corrected chi connectivity index (χ1v) is 12.6. The number of methoxy groups -OCH3 is 1. The number of halogens is 1. The molecule has 0 aromatic heterocycles. The Bertz CT molecular complexity index is 1210. The van der Waals surface area contributed by atoms with E-state index < -0.39 is 11.6 Å².